The number of carbonyl (C=O) groups is 2. The molecule has 0 saturated carbocycles. The predicted octanol–water partition coefficient (Wildman–Crippen LogP) is 0.359. The number of carbonyl (C=O) groups excluding carboxylic acids is 2. The minimum absolute atomic E-state index is 0.0389. The Morgan fingerprint density at radius 3 is 2.70 bits per heavy atom. The lowest BCUT2D eigenvalue weighted by Crippen LogP contribution is -2.51. The SMILES string of the molecule is O=C1CO[C@@H](CNC(=O)C2CCNCC2)[C@@H](c2ccccc2)N1. The van der Waals surface area contributed by atoms with Crippen LogP contribution in [0.4, 0.5) is 0 Å². The zero-order valence-corrected chi connectivity index (χ0v) is 13.1. The van der Waals surface area contributed by atoms with E-state index in [0.717, 1.165) is 31.5 Å². The van der Waals surface area contributed by atoms with E-state index in [1.54, 1.807) is 0 Å². The van der Waals surface area contributed by atoms with Crippen LogP contribution >= 0.6 is 0 Å². The first-order chi connectivity index (χ1) is 11.2. The van der Waals surface area contributed by atoms with Crippen LogP contribution in [-0.4, -0.2) is 44.2 Å². The van der Waals surface area contributed by atoms with Gasteiger partial charge in [0.2, 0.25) is 11.8 Å². The lowest BCUT2D eigenvalue weighted by atomic mass is 9.96. The quantitative estimate of drug-likeness (QED) is 0.749. The van der Waals surface area contributed by atoms with Crippen LogP contribution in [-0.2, 0) is 14.3 Å². The average molecular weight is 317 g/mol. The van der Waals surface area contributed by atoms with Crippen molar-refractivity contribution in [1.29, 1.82) is 0 Å². The average Bonchev–Trinajstić information content (AvgIpc) is 2.62. The van der Waals surface area contributed by atoms with Gasteiger partial charge in [-0.1, -0.05) is 30.3 Å². The van der Waals surface area contributed by atoms with E-state index in [0.29, 0.717) is 6.54 Å². The molecule has 0 aromatic heterocycles. The molecule has 1 aromatic carbocycles. The smallest absolute Gasteiger partial charge is 0.246 e. The Bertz CT molecular complexity index is 543. The summed E-state index contributed by atoms with van der Waals surface area (Å²) in [5.41, 5.74) is 0.988. The van der Waals surface area contributed by atoms with Crippen LogP contribution in [0.5, 0.6) is 0 Å². The van der Waals surface area contributed by atoms with Gasteiger partial charge in [-0.05, 0) is 31.5 Å². The maximum atomic E-state index is 12.3. The fourth-order valence-corrected chi connectivity index (χ4v) is 3.15. The predicted molar refractivity (Wildman–Crippen MR) is 85.7 cm³/mol. The molecule has 2 atom stereocenters. The highest BCUT2D eigenvalue weighted by Gasteiger charge is 2.31. The van der Waals surface area contributed by atoms with Gasteiger partial charge in [0.25, 0.3) is 0 Å². The maximum absolute atomic E-state index is 12.3. The molecule has 0 unspecified atom stereocenters. The lowest BCUT2D eigenvalue weighted by Gasteiger charge is -2.33. The van der Waals surface area contributed by atoms with E-state index in [1.165, 1.54) is 0 Å². The van der Waals surface area contributed by atoms with Crippen molar-refractivity contribution in [3.63, 3.8) is 0 Å². The van der Waals surface area contributed by atoms with E-state index in [2.05, 4.69) is 16.0 Å². The number of hydrogen-bond acceptors (Lipinski definition) is 4. The monoisotopic (exact) mass is 317 g/mol. The Hall–Kier alpha value is -1.92. The van der Waals surface area contributed by atoms with Gasteiger partial charge < -0.3 is 20.7 Å². The molecular formula is C17H23N3O3. The summed E-state index contributed by atoms with van der Waals surface area (Å²) in [5, 5.41) is 9.21. The Kier molecular flexibility index (Phi) is 5.25. The zero-order valence-electron chi connectivity index (χ0n) is 13.1. The highest BCUT2D eigenvalue weighted by atomic mass is 16.5. The Balaban J connectivity index is 1.60. The molecule has 124 valence electrons. The van der Waals surface area contributed by atoms with E-state index >= 15 is 0 Å². The van der Waals surface area contributed by atoms with E-state index in [-0.39, 0.29) is 36.5 Å². The first-order valence-electron chi connectivity index (χ1n) is 8.18. The van der Waals surface area contributed by atoms with Gasteiger partial charge in [-0.25, -0.2) is 0 Å². The number of amides is 2. The third-order valence-electron chi connectivity index (χ3n) is 4.46. The van der Waals surface area contributed by atoms with E-state index < -0.39 is 0 Å². The van der Waals surface area contributed by atoms with Crippen LogP contribution in [0.25, 0.3) is 0 Å². The first kappa shape index (κ1) is 16.0. The summed E-state index contributed by atoms with van der Waals surface area (Å²) in [6.07, 6.45) is 1.49. The summed E-state index contributed by atoms with van der Waals surface area (Å²) in [7, 11) is 0. The van der Waals surface area contributed by atoms with Crippen LogP contribution in [0.3, 0.4) is 0 Å². The fraction of sp³-hybridized carbons (Fsp3) is 0.529. The minimum atomic E-state index is -0.249. The van der Waals surface area contributed by atoms with Crippen molar-refractivity contribution in [2.75, 3.05) is 26.2 Å². The number of benzene rings is 1. The minimum Gasteiger partial charge on any atom is -0.364 e. The molecule has 2 saturated heterocycles. The van der Waals surface area contributed by atoms with E-state index in [1.807, 2.05) is 30.3 Å². The molecule has 6 nitrogen and oxygen atoms in total. The zero-order chi connectivity index (χ0) is 16.1. The molecular weight excluding hydrogens is 294 g/mol. The molecule has 0 spiro atoms. The second-order valence-electron chi connectivity index (χ2n) is 6.07. The highest BCUT2D eigenvalue weighted by Crippen LogP contribution is 2.22. The van der Waals surface area contributed by atoms with Crippen LogP contribution in [0.2, 0.25) is 0 Å². The van der Waals surface area contributed by atoms with Crippen molar-refractivity contribution in [2.24, 2.45) is 5.92 Å². The normalized spacial score (nSPS) is 25.7. The third kappa shape index (κ3) is 4.09. The summed E-state index contributed by atoms with van der Waals surface area (Å²) < 4.78 is 5.66. The van der Waals surface area contributed by atoms with Crippen LogP contribution in [0.1, 0.15) is 24.4 Å². The summed E-state index contributed by atoms with van der Waals surface area (Å²) >= 11 is 0. The van der Waals surface area contributed by atoms with Crippen LogP contribution in [0.15, 0.2) is 30.3 Å². The van der Waals surface area contributed by atoms with Gasteiger partial charge in [0.1, 0.15) is 6.61 Å². The topological polar surface area (TPSA) is 79.5 Å². The number of morpholine rings is 1. The molecule has 0 aliphatic carbocycles. The Morgan fingerprint density at radius 1 is 1.22 bits per heavy atom. The molecule has 2 fully saturated rings. The summed E-state index contributed by atoms with van der Waals surface area (Å²) in [5.74, 6) is 0.0307. The van der Waals surface area contributed by atoms with Gasteiger partial charge >= 0.3 is 0 Å². The van der Waals surface area contributed by atoms with Crippen LogP contribution < -0.4 is 16.0 Å². The summed E-state index contributed by atoms with van der Waals surface area (Å²) in [6.45, 7) is 2.22. The van der Waals surface area contributed by atoms with Crippen LogP contribution in [0, 0.1) is 5.92 Å². The lowest BCUT2D eigenvalue weighted by molar-refractivity contribution is -0.137. The Morgan fingerprint density at radius 2 is 1.96 bits per heavy atom. The van der Waals surface area contributed by atoms with Gasteiger partial charge in [-0.2, -0.15) is 0 Å². The number of hydrogen-bond donors (Lipinski definition) is 3. The molecule has 2 aliphatic heterocycles. The highest BCUT2D eigenvalue weighted by molar-refractivity contribution is 5.79. The molecule has 0 bridgehead atoms. The van der Waals surface area contributed by atoms with E-state index in [4.69, 9.17) is 4.74 Å². The van der Waals surface area contributed by atoms with Crippen molar-refractivity contribution < 1.29 is 14.3 Å². The fourth-order valence-electron chi connectivity index (χ4n) is 3.15. The number of piperidine rings is 1. The van der Waals surface area contributed by atoms with Crippen molar-refractivity contribution in [1.82, 2.24) is 16.0 Å². The second-order valence-corrected chi connectivity index (χ2v) is 6.07. The second kappa shape index (κ2) is 7.57. The van der Waals surface area contributed by atoms with Crippen molar-refractivity contribution in [2.45, 2.75) is 25.0 Å². The molecule has 3 N–H and O–H groups in total. The van der Waals surface area contributed by atoms with Crippen molar-refractivity contribution in [3.05, 3.63) is 35.9 Å². The molecule has 0 radical (unpaired) electrons. The number of rotatable bonds is 4. The molecule has 2 aliphatic rings. The molecule has 6 heteroatoms. The maximum Gasteiger partial charge on any atom is 0.246 e. The number of nitrogens with one attached hydrogen (secondary N) is 3. The van der Waals surface area contributed by atoms with Gasteiger partial charge in [-0.15, -0.1) is 0 Å². The molecule has 1 aromatic rings. The summed E-state index contributed by atoms with van der Waals surface area (Å²) in [6, 6.07) is 9.48. The van der Waals surface area contributed by atoms with E-state index in [9.17, 15) is 9.59 Å². The third-order valence-corrected chi connectivity index (χ3v) is 4.46. The molecule has 2 amide bonds. The standard InChI is InChI=1S/C17H23N3O3/c21-15-11-23-14(16(20-15)12-4-2-1-3-5-12)10-19-17(22)13-6-8-18-9-7-13/h1-5,13-14,16,18H,6-11H2,(H,19,22)(H,20,21)/t14-,16+/m0/s1. The van der Waals surface area contributed by atoms with Gasteiger partial charge in [0.05, 0.1) is 12.1 Å². The van der Waals surface area contributed by atoms with Gasteiger partial charge in [-0.3, -0.25) is 9.59 Å². The summed E-state index contributed by atoms with van der Waals surface area (Å²) in [4.78, 5) is 23.9. The first-order valence-corrected chi connectivity index (χ1v) is 8.18. The molecule has 3 rings (SSSR count). The Labute approximate surface area is 136 Å². The van der Waals surface area contributed by atoms with Gasteiger partial charge in [0.15, 0.2) is 0 Å². The molecule has 23 heavy (non-hydrogen) atoms. The van der Waals surface area contributed by atoms with Crippen molar-refractivity contribution in [3.8, 4) is 0 Å². The van der Waals surface area contributed by atoms with Crippen molar-refractivity contribution >= 4 is 11.8 Å². The molecule has 2 heterocycles. The van der Waals surface area contributed by atoms with Gasteiger partial charge in [0, 0.05) is 12.5 Å². The largest absolute Gasteiger partial charge is 0.364 e. The number of ether oxygens (including phenoxy) is 1.